The Kier molecular flexibility index (Phi) is 3.31. The first-order chi connectivity index (χ1) is 6.97. The standard InChI is InChI=1S/C11H15NO3/c1-11(14,10(12)13)7-8-5-3-4-6-9(8)15-2/h3-6,14H,7H2,1-2H3,(H2,12,13). The van der Waals surface area contributed by atoms with Crippen LogP contribution in [-0.4, -0.2) is 23.7 Å². The number of ether oxygens (including phenoxy) is 1. The van der Waals surface area contributed by atoms with Crippen LogP contribution >= 0.6 is 0 Å². The zero-order valence-corrected chi connectivity index (χ0v) is 8.86. The lowest BCUT2D eigenvalue weighted by Crippen LogP contribution is -2.42. The van der Waals surface area contributed by atoms with Crippen molar-refractivity contribution in [1.82, 2.24) is 0 Å². The van der Waals surface area contributed by atoms with Crippen LogP contribution < -0.4 is 10.5 Å². The maximum Gasteiger partial charge on any atom is 0.249 e. The van der Waals surface area contributed by atoms with Gasteiger partial charge in [0, 0.05) is 6.42 Å². The molecular weight excluding hydrogens is 194 g/mol. The first-order valence-electron chi connectivity index (χ1n) is 4.61. The molecule has 0 heterocycles. The van der Waals surface area contributed by atoms with Crippen LogP contribution in [0.5, 0.6) is 5.75 Å². The van der Waals surface area contributed by atoms with Crippen LogP contribution in [0.3, 0.4) is 0 Å². The lowest BCUT2D eigenvalue weighted by atomic mass is 9.95. The zero-order valence-electron chi connectivity index (χ0n) is 8.86. The molecule has 15 heavy (non-hydrogen) atoms. The van der Waals surface area contributed by atoms with Gasteiger partial charge < -0.3 is 15.6 Å². The Balaban J connectivity index is 2.94. The fourth-order valence-electron chi connectivity index (χ4n) is 1.31. The van der Waals surface area contributed by atoms with Crippen molar-refractivity contribution in [2.45, 2.75) is 18.9 Å². The number of amides is 1. The summed E-state index contributed by atoms with van der Waals surface area (Å²) in [5.74, 6) is -0.104. The summed E-state index contributed by atoms with van der Waals surface area (Å²) in [6, 6.07) is 7.19. The molecule has 3 N–H and O–H groups in total. The lowest BCUT2D eigenvalue weighted by Gasteiger charge is -2.20. The summed E-state index contributed by atoms with van der Waals surface area (Å²) in [7, 11) is 1.54. The molecular formula is C11H15NO3. The van der Waals surface area contributed by atoms with Gasteiger partial charge >= 0.3 is 0 Å². The van der Waals surface area contributed by atoms with E-state index in [0.717, 1.165) is 5.56 Å². The van der Waals surface area contributed by atoms with Crippen molar-refractivity contribution in [2.75, 3.05) is 7.11 Å². The van der Waals surface area contributed by atoms with Gasteiger partial charge in [-0.15, -0.1) is 0 Å². The molecule has 1 unspecified atom stereocenters. The number of rotatable bonds is 4. The molecule has 1 amide bonds. The maximum absolute atomic E-state index is 11.0. The monoisotopic (exact) mass is 209 g/mol. The molecule has 82 valence electrons. The molecule has 1 atom stereocenters. The van der Waals surface area contributed by atoms with Crippen LogP contribution in [0.25, 0.3) is 0 Å². The van der Waals surface area contributed by atoms with E-state index in [1.807, 2.05) is 12.1 Å². The number of nitrogens with two attached hydrogens (primary N) is 1. The highest BCUT2D eigenvalue weighted by molar-refractivity contribution is 5.83. The molecule has 1 aromatic rings. The second kappa shape index (κ2) is 4.31. The minimum Gasteiger partial charge on any atom is -0.496 e. The normalized spacial score (nSPS) is 14.3. The van der Waals surface area contributed by atoms with Crippen LogP contribution in [-0.2, 0) is 11.2 Å². The van der Waals surface area contributed by atoms with Gasteiger partial charge in [-0.25, -0.2) is 0 Å². The molecule has 1 rings (SSSR count). The van der Waals surface area contributed by atoms with Crippen molar-refractivity contribution in [3.63, 3.8) is 0 Å². The Morgan fingerprint density at radius 3 is 2.67 bits per heavy atom. The molecule has 4 nitrogen and oxygen atoms in total. The average Bonchev–Trinajstić information content (AvgIpc) is 2.18. The van der Waals surface area contributed by atoms with Crippen molar-refractivity contribution < 1.29 is 14.6 Å². The van der Waals surface area contributed by atoms with Gasteiger partial charge in [0.05, 0.1) is 7.11 Å². The molecule has 0 saturated carbocycles. The Labute approximate surface area is 88.7 Å². The summed E-state index contributed by atoms with van der Waals surface area (Å²) in [5.41, 5.74) is 4.29. The number of primary amides is 1. The molecule has 0 spiro atoms. The quantitative estimate of drug-likeness (QED) is 0.757. The van der Waals surface area contributed by atoms with E-state index in [1.54, 1.807) is 12.1 Å². The topological polar surface area (TPSA) is 72.6 Å². The highest BCUT2D eigenvalue weighted by Gasteiger charge is 2.28. The first-order valence-corrected chi connectivity index (χ1v) is 4.61. The van der Waals surface area contributed by atoms with Crippen LogP contribution in [0.15, 0.2) is 24.3 Å². The van der Waals surface area contributed by atoms with E-state index in [1.165, 1.54) is 14.0 Å². The maximum atomic E-state index is 11.0. The van der Waals surface area contributed by atoms with Gasteiger partial charge in [0.2, 0.25) is 5.91 Å². The summed E-state index contributed by atoms with van der Waals surface area (Å²) in [4.78, 5) is 11.0. The fourth-order valence-corrected chi connectivity index (χ4v) is 1.31. The molecule has 0 bridgehead atoms. The van der Waals surface area contributed by atoms with Crippen molar-refractivity contribution in [3.8, 4) is 5.75 Å². The van der Waals surface area contributed by atoms with Gasteiger partial charge in [0.1, 0.15) is 11.4 Å². The number of para-hydroxylation sites is 1. The zero-order chi connectivity index (χ0) is 11.5. The highest BCUT2D eigenvalue weighted by Crippen LogP contribution is 2.22. The van der Waals surface area contributed by atoms with Gasteiger partial charge in [0.15, 0.2) is 0 Å². The Morgan fingerprint density at radius 2 is 2.13 bits per heavy atom. The average molecular weight is 209 g/mol. The number of carbonyl (C=O) groups is 1. The second-order valence-corrected chi connectivity index (χ2v) is 3.63. The van der Waals surface area contributed by atoms with Gasteiger partial charge in [-0.1, -0.05) is 18.2 Å². The van der Waals surface area contributed by atoms with Crippen molar-refractivity contribution in [1.29, 1.82) is 0 Å². The number of hydrogen-bond acceptors (Lipinski definition) is 3. The summed E-state index contributed by atoms with van der Waals surface area (Å²) in [6.07, 6.45) is 0.145. The predicted octanol–water partition coefficient (Wildman–Crippen LogP) is 0.474. The van der Waals surface area contributed by atoms with E-state index in [0.29, 0.717) is 5.75 Å². The summed E-state index contributed by atoms with van der Waals surface area (Å²) < 4.78 is 5.11. The van der Waals surface area contributed by atoms with E-state index in [2.05, 4.69) is 0 Å². The number of aliphatic hydroxyl groups is 1. The highest BCUT2D eigenvalue weighted by atomic mass is 16.5. The van der Waals surface area contributed by atoms with Gasteiger partial charge in [-0.2, -0.15) is 0 Å². The molecule has 0 radical (unpaired) electrons. The second-order valence-electron chi connectivity index (χ2n) is 3.63. The Morgan fingerprint density at radius 1 is 1.53 bits per heavy atom. The van der Waals surface area contributed by atoms with Crippen molar-refractivity contribution in [3.05, 3.63) is 29.8 Å². The molecule has 0 aliphatic heterocycles. The summed E-state index contributed by atoms with van der Waals surface area (Å²) in [6.45, 7) is 1.39. The number of hydrogen-bond donors (Lipinski definition) is 2. The molecule has 0 fully saturated rings. The predicted molar refractivity (Wildman–Crippen MR) is 56.5 cm³/mol. The van der Waals surface area contributed by atoms with E-state index >= 15 is 0 Å². The van der Waals surface area contributed by atoms with Crippen LogP contribution in [0.2, 0.25) is 0 Å². The first kappa shape index (κ1) is 11.5. The number of methoxy groups -OCH3 is 1. The summed E-state index contributed by atoms with van der Waals surface area (Å²) in [5, 5.41) is 9.74. The Bertz CT molecular complexity index is 361. The van der Waals surface area contributed by atoms with E-state index in [4.69, 9.17) is 10.5 Å². The van der Waals surface area contributed by atoms with Gasteiger partial charge in [0.25, 0.3) is 0 Å². The van der Waals surface area contributed by atoms with Crippen molar-refractivity contribution >= 4 is 5.91 Å². The van der Waals surface area contributed by atoms with Crippen LogP contribution in [0.4, 0.5) is 0 Å². The molecule has 0 aromatic heterocycles. The smallest absolute Gasteiger partial charge is 0.249 e. The van der Waals surface area contributed by atoms with Crippen molar-refractivity contribution in [2.24, 2.45) is 5.73 Å². The summed E-state index contributed by atoms with van der Waals surface area (Å²) >= 11 is 0. The van der Waals surface area contributed by atoms with Gasteiger partial charge in [-0.3, -0.25) is 4.79 Å². The lowest BCUT2D eigenvalue weighted by molar-refractivity contribution is -0.134. The minimum absolute atomic E-state index is 0.145. The number of carbonyl (C=O) groups excluding carboxylic acids is 1. The molecule has 1 aromatic carbocycles. The van der Waals surface area contributed by atoms with Crippen LogP contribution in [0, 0.1) is 0 Å². The molecule has 0 aliphatic rings. The largest absolute Gasteiger partial charge is 0.496 e. The number of benzene rings is 1. The third-order valence-corrected chi connectivity index (χ3v) is 2.26. The molecule has 0 saturated heterocycles. The fraction of sp³-hybridized carbons (Fsp3) is 0.364. The minimum atomic E-state index is -1.55. The third kappa shape index (κ3) is 2.70. The van der Waals surface area contributed by atoms with E-state index < -0.39 is 11.5 Å². The van der Waals surface area contributed by atoms with E-state index in [9.17, 15) is 9.90 Å². The molecule has 0 aliphatic carbocycles. The van der Waals surface area contributed by atoms with Gasteiger partial charge in [-0.05, 0) is 18.6 Å². The third-order valence-electron chi connectivity index (χ3n) is 2.26. The molecule has 4 heteroatoms. The van der Waals surface area contributed by atoms with E-state index in [-0.39, 0.29) is 6.42 Å². The van der Waals surface area contributed by atoms with Crippen LogP contribution in [0.1, 0.15) is 12.5 Å². The SMILES string of the molecule is COc1ccccc1CC(C)(O)C(N)=O. The Hall–Kier alpha value is -1.55.